The van der Waals surface area contributed by atoms with Crippen molar-refractivity contribution < 1.29 is 13.2 Å². The number of likely N-dealkylation sites (tertiary alicyclic amines) is 1. The predicted octanol–water partition coefficient (Wildman–Crippen LogP) is 3.77. The lowest BCUT2D eigenvalue weighted by atomic mass is 10.0. The number of amides is 1. The summed E-state index contributed by atoms with van der Waals surface area (Å²) in [6, 6.07) is 11.0. The topological polar surface area (TPSA) is 69.7 Å². The second-order valence-corrected chi connectivity index (χ2v) is 10.8. The molecule has 1 aliphatic rings. The molecule has 0 radical (unpaired) electrons. The van der Waals surface area contributed by atoms with Crippen molar-refractivity contribution in [2.45, 2.75) is 37.6 Å². The number of halogens is 1. The van der Waals surface area contributed by atoms with E-state index in [1.165, 1.54) is 24.5 Å². The molecule has 0 spiro atoms. The monoisotopic (exact) mass is 463 g/mol. The van der Waals surface area contributed by atoms with Crippen LogP contribution in [0.25, 0.3) is 0 Å². The Morgan fingerprint density at radius 3 is 2.45 bits per heavy atom. The van der Waals surface area contributed by atoms with Crippen molar-refractivity contribution in [2.24, 2.45) is 0 Å². The van der Waals surface area contributed by atoms with Crippen LogP contribution in [-0.4, -0.2) is 57.3 Å². The molecule has 1 aliphatic heterocycles. The highest BCUT2D eigenvalue weighted by atomic mass is 35.5. The van der Waals surface area contributed by atoms with Gasteiger partial charge in [0.05, 0.1) is 10.9 Å². The Morgan fingerprint density at radius 2 is 1.84 bits per heavy atom. The summed E-state index contributed by atoms with van der Waals surface area (Å²) in [5.74, 6) is -0.287. The van der Waals surface area contributed by atoms with Gasteiger partial charge in [-0.2, -0.15) is 0 Å². The van der Waals surface area contributed by atoms with Crippen molar-refractivity contribution in [3.05, 3.63) is 63.7 Å². The standard InChI is InChI=1S/C23H30ClN3O3S/c1-16-12-19(14-22(17(16)2)31(29,30)26(3)4)23(28)25-15-21(27-10-5-6-11-27)18-8-7-9-20(24)13-18/h7-9,12-14,21H,5-6,10-11,15H2,1-4H3,(H,25,28). The number of carbonyl (C=O) groups excluding carboxylic acids is 1. The summed E-state index contributed by atoms with van der Waals surface area (Å²) in [5, 5.41) is 3.68. The largest absolute Gasteiger partial charge is 0.350 e. The molecule has 168 valence electrons. The SMILES string of the molecule is Cc1cc(C(=O)NCC(c2cccc(Cl)c2)N2CCCC2)cc(S(=O)(=O)N(C)C)c1C. The fraction of sp³-hybridized carbons (Fsp3) is 0.435. The Hall–Kier alpha value is -1.93. The average molecular weight is 464 g/mol. The first-order valence-corrected chi connectivity index (χ1v) is 12.2. The van der Waals surface area contributed by atoms with Gasteiger partial charge in [-0.05, 0) is 80.7 Å². The van der Waals surface area contributed by atoms with E-state index in [0.717, 1.165) is 37.1 Å². The van der Waals surface area contributed by atoms with Crippen LogP contribution in [0.5, 0.6) is 0 Å². The Morgan fingerprint density at radius 1 is 1.16 bits per heavy atom. The quantitative estimate of drug-likeness (QED) is 0.678. The molecule has 2 aromatic carbocycles. The highest BCUT2D eigenvalue weighted by Crippen LogP contribution is 2.27. The van der Waals surface area contributed by atoms with Crippen molar-refractivity contribution in [3.63, 3.8) is 0 Å². The summed E-state index contributed by atoms with van der Waals surface area (Å²) in [4.78, 5) is 15.5. The number of carbonyl (C=O) groups is 1. The Bertz CT molecular complexity index is 1060. The molecule has 6 nitrogen and oxygen atoms in total. The van der Waals surface area contributed by atoms with Crippen LogP contribution in [0.15, 0.2) is 41.3 Å². The lowest BCUT2D eigenvalue weighted by molar-refractivity contribution is 0.0937. The zero-order valence-electron chi connectivity index (χ0n) is 18.5. The van der Waals surface area contributed by atoms with Crippen molar-refractivity contribution >= 4 is 27.5 Å². The molecule has 0 saturated carbocycles. The fourth-order valence-electron chi connectivity index (χ4n) is 3.94. The van der Waals surface area contributed by atoms with Crippen LogP contribution in [0.2, 0.25) is 5.02 Å². The third kappa shape index (κ3) is 5.29. The van der Waals surface area contributed by atoms with Crippen LogP contribution in [-0.2, 0) is 10.0 Å². The van der Waals surface area contributed by atoms with E-state index in [9.17, 15) is 13.2 Å². The molecule has 1 saturated heterocycles. The number of nitrogens with one attached hydrogen (secondary N) is 1. The van der Waals surface area contributed by atoms with Gasteiger partial charge in [-0.25, -0.2) is 12.7 Å². The Labute approximate surface area is 190 Å². The third-order valence-corrected chi connectivity index (χ3v) is 8.09. The van der Waals surface area contributed by atoms with Crippen LogP contribution < -0.4 is 5.32 Å². The molecular weight excluding hydrogens is 434 g/mol. The molecule has 0 bridgehead atoms. The summed E-state index contributed by atoms with van der Waals surface area (Å²) in [6.07, 6.45) is 2.27. The van der Waals surface area contributed by atoms with Crippen LogP contribution in [0, 0.1) is 13.8 Å². The van der Waals surface area contributed by atoms with E-state index in [1.54, 1.807) is 13.0 Å². The molecule has 1 atom stereocenters. The van der Waals surface area contributed by atoms with Gasteiger partial charge in [0.25, 0.3) is 5.91 Å². The Kier molecular flexibility index (Phi) is 7.42. The van der Waals surface area contributed by atoms with E-state index in [4.69, 9.17) is 11.6 Å². The third-order valence-electron chi connectivity index (χ3n) is 5.91. The second-order valence-electron chi connectivity index (χ2n) is 8.23. The smallest absolute Gasteiger partial charge is 0.251 e. The zero-order valence-corrected chi connectivity index (χ0v) is 20.1. The number of nitrogens with zero attached hydrogens (tertiary/aromatic N) is 2. The molecule has 1 amide bonds. The second kappa shape index (κ2) is 9.69. The molecule has 8 heteroatoms. The van der Waals surface area contributed by atoms with E-state index >= 15 is 0 Å². The van der Waals surface area contributed by atoms with Gasteiger partial charge < -0.3 is 5.32 Å². The predicted molar refractivity (Wildman–Crippen MR) is 124 cm³/mol. The minimum atomic E-state index is -3.65. The van der Waals surface area contributed by atoms with Crippen LogP contribution in [0.3, 0.4) is 0 Å². The summed E-state index contributed by atoms with van der Waals surface area (Å²) in [7, 11) is -0.671. The van der Waals surface area contributed by atoms with Crippen molar-refractivity contribution in [2.75, 3.05) is 33.7 Å². The minimum absolute atomic E-state index is 0.0154. The molecule has 1 unspecified atom stereocenters. The number of hydrogen-bond acceptors (Lipinski definition) is 4. The molecule has 3 rings (SSSR count). The molecule has 1 N–H and O–H groups in total. The zero-order chi connectivity index (χ0) is 22.8. The van der Waals surface area contributed by atoms with Gasteiger partial charge >= 0.3 is 0 Å². The molecule has 0 aliphatic carbocycles. The van der Waals surface area contributed by atoms with Crippen LogP contribution in [0.1, 0.15) is 45.9 Å². The van der Waals surface area contributed by atoms with Gasteiger partial charge in [-0.15, -0.1) is 0 Å². The Balaban J connectivity index is 1.85. The highest BCUT2D eigenvalue weighted by molar-refractivity contribution is 7.89. The maximum atomic E-state index is 13.0. The number of benzene rings is 2. The summed E-state index contributed by atoms with van der Waals surface area (Å²) >= 11 is 6.21. The first-order valence-electron chi connectivity index (χ1n) is 10.4. The maximum Gasteiger partial charge on any atom is 0.251 e. The maximum absolute atomic E-state index is 13.0. The minimum Gasteiger partial charge on any atom is -0.350 e. The summed E-state index contributed by atoms with van der Waals surface area (Å²) in [6.45, 7) is 5.95. The number of rotatable bonds is 7. The van der Waals surface area contributed by atoms with Gasteiger partial charge in [0, 0.05) is 31.2 Å². The molecule has 1 heterocycles. The van der Waals surface area contributed by atoms with Gasteiger partial charge in [0.2, 0.25) is 10.0 Å². The van der Waals surface area contributed by atoms with Crippen molar-refractivity contribution in [1.29, 1.82) is 0 Å². The number of sulfonamides is 1. The lowest BCUT2D eigenvalue weighted by Crippen LogP contribution is -2.37. The number of hydrogen-bond donors (Lipinski definition) is 1. The van der Waals surface area contributed by atoms with E-state index in [-0.39, 0.29) is 16.8 Å². The fourth-order valence-corrected chi connectivity index (χ4v) is 5.35. The van der Waals surface area contributed by atoms with E-state index in [1.807, 2.05) is 31.2 Å². The van der Waals surface area contributed by atoms with Gasteiger partial charge in [0.15, 0.2) is 0 Å². The average Bonchev–Trinajstić information content (AvgIpc) is 3.24. The summed E-state index contributed by atoms with van der Waals surface area (Å²) in [5.41, 5.74) is 2.82. The molecule has 0 aromatic heterocycles. The highest BCUT2D eigenvalue weighted by Gasteiger charge is 2.26. The van der Waals surface area contributed by atoms with Crippen molar-refractivity contribution in [3.8, 4) is 0 Å². The normalized spacial score (nSPS) is 15.9. The van der Waals surface area contributed by atoms with Gasteiger partial charge in [-0.3, -0.25) is 9.69 Å². The molecule has 31 heavy (non-hydrogen) atoms. The molecule has 1 fully saturated rings. The van der Waals surface area contributed by atoms with E-state index in [0.29, 0.717) is 22.7 Å². The summed E-state index contributed by atoms with van der Waals surface area (Å²) < 4.78 is 26.6. The van der Waals surface area contributed by atoms with Gasteiger partial charge in [-0.1, -0.05) is 23.7 Å². The number of aryl methyl sites for hydroxylation is 1. The molecule has 2 aromatic rings. The molecular formula is C23H30ClN3O3S. The first-order chi connectivity index (χ1) is 14.6. The van der Waals surface area contributed by atoms with Crippen LogP contribution >= 0.6 is 11.6 Å². The van der Waals surface area contributed by atoms with Crippen LogP contribution in [0.4, 0.5) is 0 Å². The van der Waals surface area contributed by atoms with Gasteiger partial charge in [0.1, 0.15) is 0 Å². The first kappa shape index (κ1) is 23.7. The van der Waals surface area contributed by atoms with E-state index < -0.39 is 10.0 Å². The van der Waals surface area contributed by atoms with E-state index in [2.05, 4.69) is 10.2 Å². The van der Waals surface area contributed by atoms with Crippen molar-refractivity contribution in [1.82, 2.24) is 14.5 Å². The lowest BCUT2D eigenvalue weighted by Gasteiger charge is -2.28.